The highest BCUT2D eigenvalue weighted by atomic mass is 35.5. The molecule has 0 aliphatic carbocycles. The number of nitrogens with one attached hydrogen (secondary N) is 1. The molecule has 1 aromatic heterocycles. The average molecular weight is 330 g/mol. The summed E-state index contributed by atoms with van der Waals surface area (Å²) in [4.78, 5) is 6.05. The molecule has 1 fully saturated rings. The molecule has 5 nitrogen and oxygen atoms in total. The van der Waals surface area contributed by atoms with Gasteiger partial charge in [0.05, 0.1) is 23.7 Å². The maximum atomic E-state index is 14.1. The van der Waals surface area contributed by atoms with E-state index in [-0.39, 0.29) is 16.6 Å². The summed E-state index contributed by atoms with van der Waals surface area (Å²) in [6, 6.07) is 7.11. The van der Waals surface area contributed by atoms with E-state index in [0.29, 0.717) is 42.7 Å². The van der Waals surface area contributed by atoms with Crippen molar-refractivity contribution in [3.05, 3.63) is 34.7 Å². The van der Waals surface area contributed by atoms with Crippen LogP contribution in [0.25, 0.3) is 10.9 Å². The summed E-state index contributed by atoms with van der Waals surface area (Å²) in [6.45, 7) is 1.91. The van der Waals surface area contributed by atoms with Crippen LogP contribution in [0.5, 0.6) is 0 Å². The number of hydrogen-bond acceptors (Lipinski definition) is 5. The van der Waals surface area contributed by atoms with Gasteiger partial charge in [0.1, 0.15) is 11.6 Å². The molecule has 3 rings (SSSR count). The summed E-state index contributed by atoms with van der Waals surface area (Å²) in [5, 5.41) is 22.3. The van der Waals surface area contributed by atoms with E-state index >= 15 is 0 Å². The molecule has 1 atom stereocenters. The van der Waals surface area contributed by atoms with E-state index in [2.05, 4.69) is 22.4 Å². The molecule has 7 heteroatoms. The van der Waals surface area contributed by atoms with Gasteiger partial charge < -0.3 is 10.2 Å². The Morgan fingerprint density at radius 2 is 2.26 bits per heavy atom. The Morgan fingerprint density at radius 1 is 1.43 bits per heavy atom. The number of nitrogens with zero attached hydrogens (tertiary/aromatic N) is 4. The molecule has 1 N–H and O–H groups in total. The number of fused-ring (bicyclic) bond motifs is 1. The van der Waals surface area contributed by atoms with Crippen LogP contribution in [0.1, 0.15) is 12.0 Å². The van der Waals surface area contributed by atoms with Gasteiger partial charge >= 0.3 is 0 Å². The molecule has 0 unspecified atom stereocenters. The van der Waals surface area contributed by atoms with Crippen molar-refractivity contribution in [2.24, 2.45) is 0 Å². The van der Waals surface area contributed by atoms with Gasteiger partial charge in [-0.25, -0.2) is 4.39 Å². The Morgan fingerprint density at radius 3 is 3.00 bits per heavy atom. The topological polar surface area (TPSA) is 75.7 Å². The van der Waals surface area contributed by atoms with E-state index in [1.54, 1.807) is 6.07 Å². The van der Waals surface area contributed by atoms with E-state index in [9.17, 15) is 9.65 Å². The van der Waals surface area contributed by atoms with Gasteiger partial charge in [0.2, 0.25) is 0 Å². The first-order valence-corrected chi connectivity index (χ1v) is 7.55. The lowest BCUT2D eigenvalue weighted by Crippen LogP contribution is -2.50. The molecule has 2 aromatic rings. The van der Waals surface area contributed by atoms with Gasteiger partial charge in [0, 0.05) is 42.3 Å². The molecular weight excluding hydrogens is 317 g/mol. The van der Waals surface area contributed by atoms with Crippen LogP contribution in [0.3, 0.4) is 0 Å². The lowest BCUT2D eigenvalue weighted by molar-refractivity contribution is 0.463. The van der Waals surface area contributed by atoms with E-state index in [1.165, 1.54) is 12.3 Å². The zero-order valence-corrected chi connectivity index (χ0v) is 12.9. The normalized spacial score (nSPS) is 17.7. The predicted octanol–water partition coefficient (Wildman–Crippen LogP) is 2.59. The van der Waals surface area contributed by atoms with Gasteiger partial charge in [0.15, 0.2) is 5.82 Å². The Kier molecular flexibility index (Phi) is 4.29. The second kappa shape index (κ2) is 6.37. The van der Waals surface area contributed by atoms with E-state index in [4.69, 9.17) is 16.9 Å². The monoisotopic (exact) mass is 329 g/mol. The minimum Gasteiger partial charge on any atom is -0.367 e. The van der Waals surface area contributed by atoms with Gasteiger partial charge in [-0.05, 0) is 12.1 Å². The zero-order valence-electron chi connectivity index (χ0n) is 12.2. The smallest absolute Gasteiger partial charge is 0.150 e. The first-order valence-electron chi connectivity index (χ1n) is 7.17. The van der Waals surface area contributed by atoms with Crippen molar-refractivity contribution >= 4 is 28.2 Å². The lowest BCUT2D eigenvalue weighted by atomic mass is 10.1. The maximum absolute atomic E-state index is 14.1. The molecule has 0 spiro atoms. The molecule has 0 amide bonds. The molecule has 0 saturated carbocycles. The number of anilines is 1. The highest BCUT2D eigenvalue weighted by Crippen LogP contribution is 2.33. The number of halogens is 2. The summed E-state index contributed by atoms with van der Waals surface area (Å²) >= 11 is 5.98. The fourth-order valence-corrected chi connectivity index (χ4v) is 3.12. The van der Waals surface area contributed by atoms with Gasteiger partial charge in [-0.15, -0.1) is 0 Å². The predicted molar refractivity (Wildman–Crippen MR) is 85.7 cm³/mol. The molecule has 0 bridgehead atoms. The molecule has 116 valence electrons. The molecule has 2 heterocycles. The van der Waals surface area contributed by atoms with Gasteiger partial charge in [0.25, 0.3) is 0 Å². The van der Waals surface area contributed by atoms with Crippen LogP contribution in [0, 0.1) is 28.5 Å². The minimum absolute atomic E-state index is 0.00698. The third-order valence-corrected chi connectivity index (χ3v) is 4.11. The minimum atomic E-state index is -0.512. The highest BCUT2D eigenvalue weighted by molar-refractivity contribution is 6.31. The molecule has 1 aromatic carbocycles. The van der Waals surface area contributed by atoms with Crippen LogP contribution < -0.4 is 10.2 Å². The number of benzene rings is 1. The Bertz CT molecular complexity index is 839. The van der Waals surface area contributed by atoms with Crippen molar-refractivity contribution in [2.45, 2.75) is 12.5 Å². The molecule has 1 saturated heterocycles. The van der Waals surface area contributed by atoms with Crippen molar-refractivity contribution < 1.29 is 4.39 Å². The fourth-order valence-electron chi connectivity index (χ4n) is 2.91. The lowest BCUT2D eigenvalue weighted by Gasteiger charge is -2.35. The standard InChI is InChI=1S/C16H13ClFN5/c17-11-5-13-15(14(18)6-11)22-8-10(7-20)16(13)23-4-3-21-12(9-23)1-2-19/h5-6,8,12,21H,1,3-4,9H2/t12-/m0/s1. The summed E-state index contributed by atoms with van der Waals surface area (Å²) in [7, 11) is 0. The Balaban J connectivity index is 2.15. The van der Waals surface area contributed by atoms with Crippen LogP contribution in [0.15, 0.2) is 18.3 Å². The van der Waals surface area contributed by atoms with Crippen molar-refractivity contribution in [1.82, 2.24) is 10.3 Å². The number of rotatable bonds is 2. The number of hydrogen-bond donors (Lipinski definition) is 1. The van der Waals surface area contributed by atoms with Crippen molar-refractivity contribution in [2.75, 3.05) is 24.5 Å². The van der Waals surface area contributed by atoms with E-state index in [1.807, 2.05) is 4.90 Å². The quantitative estimate of drug-likeness (QED) is 0.916. The number of piperazine rings is 1. The zero-order chi connectivity index (χ0) is 16.4. The van der Waals surface area contributed by atoms with Crippen LogP contribution in [0.2, 0.25) is 5.02 Å². The van der Waals surface area contributed by atoms with Crippen molar-refractivity contribution in [1.29, 1.82) is 10.5 Å². The Labute approximate surface area is 137 Å². The molecule has 1 aliphatic heterocycles. The van der Waals surface area contributed by atoms with Crippen molar-refractivity contribution in [3.8, 4) is 12.1 Å². The van der Waals surface area contributed by atoms with E-state index < -0.39 is 5.82 Å². The van der Waals surface area contributed by atoms with Crippen LogP contribution in [-0.4, -0.2) is 30.7 Å². The third-order valence-electron chi connectivity index (χ3n) is 3.89. The second-order valence-corrected chi connectivity index (χ2v) is 5.81. The number of nitriles is 2. The van der Waals surface area contributed by atoms with Crippen molar-refractivity contribution in [3.63, 3.8) is 0 Å². The van der Waals surface area contributed by atoms with E-state index in [0.717, 1.165) is 0 Å². The summed E-state index contributed by atoms with van der Waals surface area (Å²) in [5.41, 5.74) is 1.19. The highest BCUT2D eigenvalue weighted by Gasteiger charge is 2.24. The average Bonchev–Trinajstić information content (AvgIpc) is 2.54. The summed E-state index contributed by atoms with van der Waals surface area (Å²) < 4.78 is 14.1. The van der Waals surface area contributed by atoms with Gasteiger partial charge in [-0.3, -0.25) is 4.98 Å². The third kappa shape index (κ3) is 2.92. The molecule has 23 heavy (non-hydrogen) atoms. The first-order chi connectivity index (χ1) is 11.1. The van der Waals surface area contributed by atoms with Crippen LogP contribution in [-0.2, 0) is 0 Å². The summed E-state index contributed by atoms with van der Waals surface area (Å²) in [5.74, 6) is -0.512. The maximum Gasteiger partial charge on any atom is 0.150 e. The molecule has 0 radical (unpaired) electrons. The van der Waals surface area contributed by atoms with Gasteiger partial charge in [-0.1, -0.05) is 11.6 Å². The SMILES string of the molecule is N#CC[C@H]1CN(c2c(C#N)cnc3c(F)cc(Cl)cc23)CCN1. The Hall–Kier alpha value is -2.41. The second-order valence-electron chi connectivity index (χ2n) is 5.38. The summed E-state index contributed by atoms with van der Waals surface area (Å²) in [6.07, 6.45) is 1.76. The number of aromatic nitrogens is 1. The molecular formula is C16H13ClFN5. The fraction of sp³-hybridized carbons (Fsp3) is 0.312. The van der Waals surface area contributed by atoms with Crippen LogP contribution >= 0.6 is 11.6 Å². The first kappa shape index (κ1) is 15.5. The largest absolute Gasteiger partial charge is 0.367 e. The molecule has 1 aliphatic rings. The number of pyridine rings is 1. The van der Waals surface area contributed by atoms with Gasteiger partial charge in [-0.2, -0.15) is 10.5 Å². The van der Waals surface area contributed by atoms with Crippen LogP contribution in [0.4, 0.5) is 10.1 Å².